The second-order valence-corrected chi connectivity index (χ2v) is 6.45. The molecule has 0 aromatic heterocycles. The molecule has 1 aromatic rings. The first-order valence-corrected chi connectivity index (χ1v) is 7.50. The quantitative estimate of drug-likeness (QED) is 0.836. The Hall–Kier alpha value is -1.30. The van der Waals surface area contributed by atoms with E-state index in [0.717, 1.165) is 12.1 Å². The molecule has 1 N–H and O–H groups in total. The van der Waals surface area contributed by atoms with Crippen molar-refractivity contribution >= 4 is 0 Å². The van der Waals surface area contributed by atoms with Crippen molar-refractivity contribution in [2.45, 2.75) is 39.7 Å². The Morgan fingerprint density at radius 2 is 2.10 bits per heavy atom. The highest BCUT2D eigenvalue weighted by Gasteiger charge is 2.22. The topological polar surface area (TPSA) is 23.5 Å². The molecule has 0 bridgehead atoms. The predicted molar refractivity (Wildman–Crippen MR) is 83.3 cm³/mol. The maximum atomic E-state index is 8.76. The Kier molecular flexibility index (Phi) is 5.23. The molecule has 0 aliphatic carbocycles. The van der Waals surface area contributed by atoms with E-state index < -0.39 is 0 Å². The van der Waals surface area contributed by atoms with E-state index in [1.54, 1.807) is 0 Å². The van der Waals surface area contributed by atoms with Crippen LogP contribution in [0.2, 0.25) is 0 Å². The number of aliphatic hydroxyl groups is 1. The van der Waals surface area contributed by atoms with Gasteiger partial charge in [0.1, 0.15) is 6.61 Å². The molecule has 1 heterocycles. The predicted octanol–water partition coefficient (Wildman–Crippen LogP) is 3.04. The van der Waals surface area contributed by atoms with Crippen molar-refractivity contribution in [2.75, 3.05) is 19.7 Å². The van der Waals surface area contributed by atoms with Crippen LogP contribution < -0.4 is 0 Å². The molecule has 1 fully saturated rings. The smallest absolute Gasteiger partial charge is 0.104 e. The third-order valence-corrected chi connectivity index (χ3v) is 4.08. The third-order valence-electron chi connectivity index (χ3n) is 4.08. The number of likely N-dealkylation sites (tertiary alicyclic amines) is 1. The first-order valence-electron chi connectivity index (χ1n) is 7.50. The van der Waals surface area contributed by atoms with Crippen LogP contribution in [-0.4, -0.2) is 29.7 Å². The van der Waals surface area contributed by atoms with Crippen LogP contribution in [0.4, 0.5) is 0 Å². The molecule has 1 aliphatic heterocycles. The molecular formula is C18H25NO. The summed E-state index contributed by atoms with van der Waals surface area (Å²) in [5.74, 6) is 5.69. The van der Waals surface area contributed by atoms with Gasteiger partial charge in [0.15, 0.2) is 0 Å². The SMILES string of the molecule is CC1(C)CCCN(Cc2cccc(C#CCO)c2)CC1. The van der Waals surface area contributed by atoms with Gasteiger partial charge >= 0.3 is 0 Å². The molecular weight excluding hydrogens is 246 g/mol. The van der Waals surface area contributed by atoms with Gasteiger partial charge in [0, 0.05) is 12.1 Å². The second-order valence-electron chi connectivity index (χ2n) is 6.45. The van der Waals surface area contributed by atoms with Crippen molar-refractivity contribution < 1.29 is 5.11 Å². The van der Waals surface area contributed by atoms with E-state index in [2.05, 4.69) is 48.8 Å². The average molecular weight is 271 g/mol. The van der Waals surface area contributed by atoms with Gasteiger partial charge in [0.2, 0.25) is 0 Å². The number of benzene rings is 1. The molecule has 0 unspecified atom stereocenters. The van der Waals surface area contributed by atoms with Gasteiger partial charge in [-0.05, 0) is 55.5 Å². The van der Waals surface area contributed by atoms with Gasteiger partial charge in [-0.2, -0.15) is 0 Å². The van der Waals surface area contributed by atoms with Gasteiger partial charge < -0.3 is 5.11 Å². The summed E-state index contributed by atoms with van der Waals surface area (Å²) in [7, 11) is 0. The Bertz CT molecular complexity index is 496. The zero-order valence-corrected chi connectivity index (χ0v) is 12.7. The van der Waals surface area contributed by atoms with Crippen molar-refractivity contribution in [1.29, 1.82) is 0 Å². The van der Waals surface area contributed by atoms with Crippen molar-refractivity contribution in [2.24, 2.45) is 5.41 Å². The highest BCUT2D eigenvalue weighted by Crippen LogP contribution is 2.30. The van der Waals surface area contributed by atoms with E-state index >= 15 is 0 Å². The Morgan fingerprint density at radius 1 is 1.25 bits per heavy atom. The monoisotopic (exact) mass is 271 g/mol. The number of rotatable bonds is 2. The molecule has 0 saturated carbocycles. The van der Waals surface area contributed by atoms with Crippen LogP contribution in [-0.2, 0) is 6.54 Å². The lowest BCUT2D eigenvalue weighted by Gasteiger charge is -2.23. The minimum atomic E-state index is -0.0779. The van der Waals surface area contributed by atoms with Gasteiger partial charge in [-0.15, -0.1) is 0 Å². The molecule has 1 aromatic carbocycles. The van der Waals surface area contributed by atoms with Crippen LogP contribution >= 0.6 is 0 Å². The van der Waals surface area contributed by atoms with Crippen molar-refractivity contribution in [3.63, 3.8) is 0 Å². The molecule has 2 nitrogen and oxygen atoms in total. The number of aliphatic hydroxyl groups excluding tert-OH is 1. The fraction of sp³-hybridized carbons (Fsp3) is 0.556. The molecule has 2 rings (SSSR count). The molecule has 1 saturated heterocycles. The van der Waals surface area contributed by atoms with Crippen molar-refractivity contribution in [3.05, 3.63) is 35.4 Å². The van der Waals surface area contributed by atoms with E-state index in [1.807, 2.05) is 6.07 Å². The lowest BCUT2D eigenvalue weighted by atomic mass is 9.85. The summed E-state index contributed by atoms with van der Waals surface area (Å²) < 4.78 is 0. The minimum absolute atomic E-state index is 0.0779. The highest BCUT2D eigenvalue weighted by atomic mass is 16.2. The Morgan fingerprint density at radius 3 is 2.90 bits per heavy atom. The van der Waals surface area contributed by atoms with Crippen LogP contribution in [0.3, 0.4) is 0 Å². The molecule has 0 atom stereocenters. The summed E-state index contributed by atoms with van der Waals surface area (Å²) in [6, 6.07) is 8.36. The van der Waals surface area contributed by atoms with Gasteiger partial charge in [-0.1, -0.05) is 37.8 Å². The Labute approximate surface area is 122 Å². The van der Waals surface area contributed by atoms with Crippen molar-refractivity contribution in [1.82, 2.24) is 4.90 Å². The standard InChI is InChI=1S/C18H25NO/c1-18(2)9-5-11-19(12-10-18)15-17-7-3-6-16(14-17)8-4-13-20/h3,6-7,14,20H,5,9-13,15H2,1-2H3. The van der Waals surface area contributed by atoms with E-state index in [-0.39, 0.29) is 6.61 Å². The van der Waals surface area contributed by atoms with Crippen LogP contribution in [0.1, 0.15) is 44.2 Å². The molecule has 2 heteroatoms. The molecule has 1 aliphatic rings. The maximum Gasteiger partial charge on any atom is 0.104 e. The number of nitrogens with zero attached hydrogens (tertiary/aromatic N) is 1. The third kappa shape index (κ3) is 4.67. The lowest BCUT2D eigenvalue weighted by Crippen LogP contribution is -2.25. The van der Waals surface area contributed by atoms with Gasteiger partial charge in [-0.25, -0.2) is 0 Å². The molecule has 20 heavy (non-hydrogen) atoms. The normalized spacial score (nSPS) is 18.9. The van der Waals surface area contributed by atoms with E-state index in [0.29, 0.717) is 5.41 Å². The summed E-state index contributed by atoms with van der Waals surface area (Å²) in [6.45, 7) is 8.05. The van der Waals surface area contributed by atoms with Crippen LogP contribution in [0.15, 0.2) is 24.3 Å². The minimum Gasteiger partial charge on any atom is -0.384 e. The number of hydrogen-bond donors (Lipinski definition) is 1. The first kappa shape index (κ1) is 15.1. The molecule has 0 spiro atoms. The van der Waals surface area contributed by atoms with E-state index in [1.165, 1.54) is 37.9 Å². The summed E-state index contributed by atoms with van der Waals surface area (Å²) in [5.41, 5.74) is 2.80. The lowest BCUT2D eigenvalue weighted by molar-refractivity contribution is 0.256. The Balaban J connectivity index is 1.99. The van der Waals surface area contributed by atoms with Crippen LogP contribution in [0.5, 0.6) is 0 Å². The molecule has 108 valence electrons. The summed E-state index contributed by atoms with van der Waals surface area (Å²) >= 11 is 0. The first-order chi connectivity index (χ1) is 9.59. The summed E-state index contributed by atoms with van der Waals surface area (Å²) in [6.07, 6.45) is 3.89. The highest BCUT2D eigenvalue weighted by molar-refractivity contribution is 5.37. The van der Waals surface area contributed by atoms with Gasteiger partial charge in [0.05, 0.1) is 0 Å². The fourth-order valence-electron chi connectivity index (χ4n) is 2.78. The zero-order valence-electron chi connectivity index (χ0n) is 12.7. The van der Waals surface area contributed by atoms with E-state index in [4.69, 9.17) is 5.11 Å². The van der Waals surface area contributed by atoms with Gasteiger partial charge in [0.25, 0.3) is 0 Å². The zero-order chi connectivity index (χ0) is 14.4. The van der Waals surface area contributed by atoms with Gasteiger partial charge in [-0.3, -0.25) is 4.90 Å². The summed E-state index contributed by atoms with van der Waals surface area (Å²) in [4.78, 5) is 2.55. The average Bonchev–Trinajstić information content (AvgIpc) is 2.58. The largest absolute Gasteiger partial charge is 0.384 e. The molecule has 0 radical (unpaired) electrons. The van der Waals surface area contributed by atoms with Crippen LogP contribution in [0, 0.1) is 17.3 Å². The van der Waals surface area contributed by atoms with E-state index in [9.17, 15) is 0 Å². The summed E-state index contributed by atoms with van der Waals surface area (Å²) in [5, 5.41) is 8.76. The number of hydrogen-bond acceptors (Lipinski definition) is 2. The maximum absolute atomic E-state index is 8.76. The van der Waals surface area contributed by atoms with Crippen LogP contribution in [0.25, 0.3) is 0 Å². The fourth-order valence-corrected chi connectivity index (χ4v) is 2.78. The second kappa shape index (κ2) is 6.92. The molecule has 0 amide bonds. The van der Waals surface area contributed by atoms with Crippen molar-refractivity contribution in [3.8, 4) is 11.8 Å².